The Balaban J connectivity index is 1.52. The summed E-state index contributed by atoms with van der Waals surface area (Å²) in [6.45, 7) is 1.08. The third-order valence-corrected chi connectivity index (χ3v) is 7.18. The van der Waals surface area contributed by atoms with Gasteiger partial charge in [-0.3, -0.25) is 9.59 Å². The molecule has 1 unspecified atom stereocenters. The van der Waals surface area contributed by atoms with Crippen molar-refractivity contribution < 1.29 is 14.3 Å². The molecule has 0 spiro atoms. The second-order valence-corrected chi connectivity index (χ2v) is 10.3. The summed E-state index contributed by atoms with van der Waals surface area (Å²) in [4.78, 5) is 26.2. The van der Waals surface area contributed by atoms with E-state index < -0.39 is 6.04 Å². The van der Waals surface area contributed by atoms with Crippen LogP contribution in [0.15, 0.2) is 40.2 Å². The van der Waals surface area contributed by atoms with Crippen LogP contribution in [0.1, 0.15) is 48.2 Å². The van der Waals surface area contributed by atoms with Gasteiger partial charge in [-0.2, -0.15) is 0 Å². The van der Waals surface area contributed by atoms with Crippen LogP contribution in [-0.4, -0.2) is 38.1 Å². The molecule has 2 aromatic rings. The molecule has 1 saturated carbocycles. The number of halogens is 1. The van der Waals surface area contributed by atoms with Gasteiger partial charge in [0, 0.05) is 18.8 Å². The van der Waals surface area contributed by atoms with E-state index in [4.69, 9.17) is 4.74 Å². The molecule has 8 heteroatoms. The second-order valence-electron chi connectivity index (χ2n) is 7.82. The van der Waals surface area contributed by atoms with Crippen molar-refractivity contribution in [1.29, 1.82) is 0 Å². The monoisotopic (exact) mass is 507 g/mol. The standard InChI is InChI=1S/C23H30BrN3O3S/c1-30-18-9-7-17(8-10-18)25-13-14-26-22(28)19(15-16-5-3-2-4-6-16)27-23(29)20-11-12-21(24)31-20/h7-12,16,19,25H,2-6,13-15H2,1H3,(H,26,28)(H,27,29). The number of benzene rings is 1. The number of methoxy groups -OCH3 is 1. The van der Waals surface area contributed by atoms with Crippen LogP contribution in [0.4, 0.5) is 5.69 Å². The van der Waals surface area contributed by atoms with Crippen LogP contribution in [-0.2, 0) is 4.79 Å². The van der Waals surface area contributed by atoms with Crippen LogP contribution < -0.4 is 20.7 Å². The Morgan fingerprint density at radius 3 is 2.48 bits per heavy atom. The van der Waals surface area contributed by atoms with Crippen LogP contribution in [0, 0.1) is 5.92 Å². The van der Waals surface area contributed by atoms with Gasteiger partial charge in [-0.15, -0.1) is 11.3 Å². The highest BCUT2D eigenvalue weighted by atomic mass is 79.9. The van der Waals surface area contributed by atoms with Gasteiger partial charge < -0.3 is 20.7 Å². The van der Waals surface area contributed by atoms with Crippen LogP contribution in [0.5, 0.6) is 5.75 Å². The molecule has 1 aliphatic rings. The molecule has 1 fully saturated rings. The van der Waals surface area contributed by atoms with Gasteiger partial charge in [0.25, 0.3) is 5.91 Å². The number of amides is 2. The second kappa shape index (κ2) is 12.1. The third kappa shape index (κ3) is 7.54. The van der Waals surface area contributed by atoms with Crippen molar-refractivity contribution in [1.82, 2.24) is 10.6 Å². The van der Waals surface area contributed by atoms with Crippen LogP contribution in [0.3, 0.4) is 0 Å². The Kier molecular flexibility index (Phi) is 9.21. The lowest BCUT2D eigenvalue weighted by atomic mass is 9.84. The number of hydrogen-bond acceptors (Lipinski definition) is 5. The van der Waals surface area contributed by atoms with E-state index in [1.807, 2.05) is 30.3 Å². The Morgan fingerprint density at radius 2 is 1.84 bits per heavy atom. The Hall–Kier alpha value is -2.06. The van der Waals surface area contributed by atoms with Gasteiger partial charge in [-0.05, 0) is 64.7 Å². The normalized spacial score (nSPS) is 15.2. The molecule has 2 amide bonds. The van der Waals surface area contributed by atoms with Crippen molar-refractivity contribution in [2.45, 2.75) is 44.6 Å². The van der Waals surface area contributed by atoms with E-state index in [0.717, 1.165) is 28.1 Å². The maximum atomic E-state index is 12.9. The molecule has 3 rings (SSSR count). The van der Waals surface area contributed by atoms with Gasteiger partial charge >= 0.3 is 0 Å². The molecule has 3 N–H and O–H groups in total. The van der Waals surface area contributed by atoms with E-state index in [9.17, 15) is 9.59 Å². The zero-order valence-corrected chi connectivity index (χ0v) is 20.2. The fourth-order valence-corrected chi connectivity index (χ4v) is 5.17. The van der Waals surface area contributed by atoms with E-state index in [2.05, 4.69) is 31.9 Å². The number of ether oxygens (including phenoxy) is 1. The van der Waals surface area contributed by atoms with Crippen LogP contribution >= 0.6 is 27.3 Å². The first kappa shape index (κ1) is 23.6. The summed E-state index contributed by atoms with van der Waals surface area (Å²) in [5.41, 5.74) is 0.963. The highest BCUT2D eigenvalue weighted by molar-refractivity contribution is 9.11. The molecular formula is C23H30BrN3O3S. The lowest BCUT2D eigenvalue weighted by molar-refractivity contribution is -0.123. The molecule has 0 saturated heterocycles. The summed E-state index contributed by atoms with van der Waals surface area (Å²) in [6, 6.07) is 10.8. The van der Waals surface area contributed by atoms with E-state index in [1.54, 1.807) is 13.2 Å². The van der Waals surface area contributed by atoms with Crippen molar-refractivity contribution >= 4 is 44.8 Å². The fourth-order valence-electron chi connectivity index (χ4n) is 3.88. The lowest BCUT2D eigenvalue weighted by Gasteiger charge is -2.26. The lowest BCUT2D eigenvalue weighted by Crippen LogP contribution is -2.48. The highest BCUT2D eigenvalue weighted by Crippen LogP contribution is 2.28. The average Bonchev–Trinajstić information content (AvgIpc) is 3.23. The number of anilines is 1. The van der Waals surface area contributed by atoms with Crippen LogP contribution in [0.2, 0.25) is 0 Å². The number of carbonyl (C=O) groups is 2. The first-order valence-corrected chi connectivity index (χ1v) is 12.4. The molecule has 31 heavy (non-hydrogen) atoms. The Bertz CT molecular complexity index is 850. The van der Waals surface area contributed by atoms with Gasteiger partial charge in [-0.1, -0.05) is 32.1 Å². The molecule has 168 valence electrons. The minimum Gasteiger partial charge on any atom is -0.497 e. The van der Waals surface area contributed by atoms with E-state index >= 15 is 0 Å². The highest BCUT2D eigenvalue weighted by Gasteiger charge is 2.26. The van der Waals surface area contributed by atoms with E-state index in [-0.39, 0.29) is 11.8 Å². The van der Waals surface area contributed by atoms with Gasteiger partial charge in [0.2, 0.25) is 5.91 Å². The number of rotatable bonds is 10. The number of nitrogens with one attached hydrogen (secondary N) is 3. The minimum atomic E-state index is -0.516. The molecule has 6 nitrogen and oxygen atoms in total. The molecule has 0 aliphatic heterocycles. The topological polar surface area (TPSA) is 79.5 Å². The zero-order chi connectivity index (χ0) is 22.1. The zero-order valence-electron chi connectivity index (χ0n) is 17.8. The van der Waals surface area contributed by atoms with Crippen molar-refractivity contribution in [2.75, 3.05) is 25.5 Å². The molecule has 1 heterocycles. The molecule has 1 aliphatic carbocycles. The summed E-state index contributed by atoms with van der Waals surface area (Å²) in [5.74, 6) is 0.976. The third-order valence-electron chi connectivity index (χ3n) is 5.56. The first-order valence-electron chi connectivity index (χ1n) is 10.8. The molecular weight excluding hydrogens is 478 g/mol. The number of carbonyl (C=O) groups excluding carboxylic acids is 2. The van der Waals surface area contributed by atoms with E-state index in [1.165, 1.54) is 30.6 Å². The number of thiophene rings is 1. The summed E-state index contributed by atoms with van der Waals surface area (Å²) in [6.07, 6.45) is 6.62. The molecule has 0 radical (unpaired) electrons. The average molecular weight is 508 g/mol. The summed E-state index contributed by atoms with van der Waals surface area (Å²) in [5, 5.41) is 9.23. The Morgan fingerprint density at radius 1 is 1.10 bits per heavy atom. The molecule has 0 bridgehead atoms. The van der Waals surface area contributed by atoms with Gasteiger partial charge in [0.1, 0.15) is 11.8 Å². The van der Waals surface area contributed by atoms with Crippen molar-refractivity contribution in [3.05, 3.63) is 45.1 Å². The quantitative estimate of drug-likeness (QED) is 0.403. The molecule has 1 aromatic carbocycles. The maximum Gasteiger partial charge on any atom is 0.262 e. The van der Waals surface area contributed by atoms with Crippen molar-refractivity contribution in [3.63, 3.8) is 0 Å². The summed E-state index contributed by atoms with van der Waals surface area (Å²) in [7, 11) is 1.64. The Labute approximate surface area is 196 Å². The molecule has 1 aromatic heterocycles. The SMILES string of the molecule is COc1ccc(NCCNC(=O)C(CC2CCCCC2)NC(=O)c2ccc(Br)s2)cc1. The summed E-state index contributed by atoms with van der Waals surface area (Å²) < 4.78 is 6.06. The van der Waals surface area contributed by atoms with Gasteiger partial charge in [0.05, 0.1) is 15.8 Å². The predicted molar refractivity (Wildman–Crippen MR) is 129 cm³/mol. The number of hydrogen-bond donors (Lipinski definition) is 3. The van der Waals surface area contributed by atoms with Crippen LogP contribution in [0.25, 0.3) is 0 Å². The maximum absolute atomic E-state index is 12.9. The van der Waals surface area contributed by atoms with Crippen molar-refractivity contribution in [2.24, 2.45) is 5.92 Å². The first-order chi connectivity index (χ1) is 15.0. The minimum absolute atomic E-state index is 0.119. The largest absolute Gasteiger partial charge is 0.497 e. The predicted octanol–water partition coefficient (Wildman–Crippen LogP) is 4.82. The molecule has 1 atom stereocenters. The summed E-state index contributed by atoms with van der Waals surface area (Å²) >= 11 is 4.76. The van der Waals surface area contributed by atoms with Gasteiger partial charge in [0.15, 0.2) is 0 Å². The van der Waals surface area contributed by atoms with E-state index in [0.29, 0.717) is 30.3 Å². The van der Waals surface area contributed by atoms with Crippen molar-refractivity contribution in [3.8, 4) is 5.75 Å². The fraction of sp³-hybridized carbons (Fsp3) is 0.478. The van der Waals surface area contributed by atoms with Gasteiger partial charge in [-0.25, -0.2) is 0 Å². The smallest absolute Gasteiger partial charge is 0.262 e.